The number of hydrogen-bond acceptors (Lipinski definition) is 3. The second-order valence-electron chi connectivity index (χ2n) is 4.50. The van der Waals surface area contributed by atoms with E-state index in [0.717, 1.165) is 24.4 Å². The summed E-state index contributed by atoms with van der Waals surface area (Å²) in [4.78, 5) is 11.9. The first kappa shape index (κ1) is 17.0. The van der Waals surface area contributed by atoms with Crippen molar-refractivity contribution in [3.63, 3.8) is 0 Å². The van der Waals surface area contributed by atoms with E-state index >= 15 is 0 Å². The first-order valence-corrected chi connectivity index (χ1v) is 6.49. The summed E-state index contributed by atoms with van der Waals surface area (Å²) in [5.41, 5.74) is -0.666. The van der Waals surface area contributed by atoms with Crippen LogP contribution in [-0.2, 0) is 4.79 Å². The van der Waals surface area contributed by atoms with Crippen molar-refractivity contribution in [3.8, 4) is 6.07 Å². The number of rotatable bonds is 4. The Morgan fingerprint density at radius 2 is 1.67 bits per heavy atom. The Morgan fingerprint density at radius 3 is 2.29 bits per heavy atom. The highest BCUT2D eigenvalue weighted by Gasteiger charge is 2.14. The number of amides is 1. The number of hydrogen-bond donors (Lipinski definition) is 2. The number of anilines is 2. The van der Waals surface area contributed by atoms with Crippen LogP contribution in [0.5, 0.6) is 0 Å². The van der Waals surface area contributed by atoms with Gasteiger partial charge in [0.25, 0.3) is 5.91 Å². The fourth-order valence-electron chi connectivity index (χ4n) is 1.67. The van der Waals surface area contributed by atoms with Crippen LogP contribution in [0.25, 0.3) is 0 Å². The molecule has 0 saturated heterocycles. The molecule has 2 aromatic carbocycles. The number of nitrogens with one attached hydrogen (secondary N) is 2. The summed E-state index contributed by atoms with van der Waals surface area (Å²) in [7, 11) is 0. The smallest absolute Gasteiger partial charge is 0.267 e. The highest BCUT2D eigenvalue weighted by Crippen LogP contribution is 2.20. The van der Waals surface area contributed by atoms with Crippen molar-refractivity contribution >= 4 is 17.3 Å². The van der Waals surface area contributed by atoms with Crippen LogP contribution in [0.1, 0.15) is 0 Å². The Bertz CT molecular complexity index is 842. The molecule has 2 aromatic rings. The maximum absolute atomic E-state index is 13.5. The number of carbonyl (C=O) groups excluding carboxylic acids is 1. The highest BCUT2D eigenvalue weighted by molar-refractivity contribution is 6.06. The highest BCUT2D eigenvalue weighted by atomic mass is 19.2. The molecule has 0 aliphatic carbocycles. The van der Waals surface area contributed by atoms with E-state index in [9.17, 15) is 22.4 Å². The first-order chi connectivity index (χ1) is 11.4. The zero-order valence-electron chi connectivity index (χ0n) is 11.9. The van der Waals surface area contributed by atoms with E-state index in [-0.39, 0.29) is 5.69 Å². The molecule has 0 saturated carbocycles. The molecule has 0 fully saturated rings. The Labute approximate surface area is 134 Å². The van der Waals surface area contributed by atoms with Crippen molar-refractivity contribution in [2.45, 2.75) is 0 Å². The van der Waals surface area contributed by atoms with Gasteiger partial charge in [-0.25, -0.2) is 17.6 Å². The number of nitrogens with zero attached hydrogens (tertiary/aromatic N) is 1. The lowest BCUT2D eigenvalue weighted by atomic mass is 10.2. The fraction of sp³-hybridized carbons (Fsp3) is 0. The van der Waals surface area contributed by atoms with Gasteiger partial charge in [-0.3, -0.25) is 4.79 Å². The van der Waals surface area contributed by atoms with Gasteiger partial charge in [-0.2, -0.15) is 5.26 Å². The molecule has 0 bridgehead atoms. The second-order valence-corrected chi connectivity index (χ2v) is 4.50. The van der Waals surface area contributed by atoms with E-state index in [0.29, 0.717) is 6.07 Å². The molecule has 0 unspecified atom stereocenters. The molecular weight excluding hydrogens is 326 g/mol. The van der Waals surface area contributed by atoms with E-state index in [4.69, 9.17) is 5.26 Å². The standard InChI is InChI=1S/C16H9F4N3O/c17-10-1-3-11(4-2-10)23-16(24)9(7-21)8-22-13-6-5-12(18)14(19)15(13)20/h1-6,8,22H,(H,23,24)/b9-8-. The molecule has 1 amide bonds. The van der Waals surface area contributed by atoms with Crippen LogP contribution in [0, 0.1) is 34.6 Å². The normalized spacial score (nSPS) is 10.9. The third-order valence-corrected chi connectivity index (χ3v) is 2.87. The summed E-state index contributed by atoms with van der Waals surface area (Å²) < 4.78 is 52.2. The van der Waals surface area contributed by atoms with Gasteiger partial charge < -0.3 is 10.6 Å². The Kier molecular flexibility index (Phi) is 5.16. The maximum Gasteiger partial charge on any atom is 0.267 e. The lowest BCUT2D eigenvalue weighted by molar-refractivity contribution is -0.112. The first-order valence-electron chi connectivity index (χ1n) is 6.49. The minimum atomic E-state index is -1.68. The van der Waals surface area contributed by atoms with Crippen LogP contribution in [0.3, 0.4) is 0 Å². The van der Waals surface area contributed by atoms with Gasteiger partial charge in [0.15, 0.2) is 17.5 Å². The van der Waals surface area contributed by atoms with Crippen molar-refractivity contribution < 1.29 is 22.4 Å². The topological polar surface area (TPSA) is 64.9 Å². The van der Waals surface area contributed by atoms with E-state index < -0.39 is 40.4 Å². The summed E-state index contributed by atoms with van der Waals surface area (Å²) in [5.74, 6) is -5.87. The van der Waals surface area contributed by atoms with Crippen molar-refractivity contribution in [3.05, 3.63) is 71.4 Å². The Balaban J connectivity index is 2.14. The monoisotopic (exact) mass is 335 g/mol. The Hall–Kier alpha value is -3.34. The molecule has 0 aliphatic rings. The van der Waals surface area contributed by atoms with E-state index in [1.807, 2.05) is 0 Å². The largest absolute Gasteiger partial charge is 0.358 e. The minimum Gasteiger partial charge on any atom is -0.358 e. The molecule has 2 N–H and O–H groups in total. The summed E-state index contributed by atoms with van der Waals surface area (Å²) in [6.45, 7) is 0. The van der Waals surface area contributed by atoms with Gasteiger partial charge >= 0.3 is 0 Å². The third-order valence-electron chi connectivity index (χ3n) is 2.87. The SMILES string of the molecule is N#C/C(=C/Nc1ccc(F)c(F)c1F)C(=O)Nc1ccc(F)cc1. The molecule has 8 heteroatoms. The fourth-order valence-corrected chi connectivity index (χ4v) is 1.67. The van der Waals surface area contributed by atoms with Crippen LogP contribution in [0.2, 0.25) is 0 Å². The molecule has 0 radical (unpaired) electrons. The molecule has 122 valence electrons. The summed E-state index contributed by atoms with van der Waals surface area (Å²) in [6.07, 6.45) is 0.842. The van der Waals surface area contributed by atoms with Crippen LogP contribution in [0.15, 0.2) is 48.2 Å². The quantitative estimate of drug-likeness (QED) is 0.387. The van der Waals surface area contributed by atoms with Gasteiger partial charge in [0.1, 0.15) is 17.5 Å². The van der Waals surface area contributed by atoms with Gasteiger partial charge in [0.2, 0.25) is 0 Å². The van der Waals surface area contributed by atoms with Crippen molar-refractivity contribution in [2.75, 3.05) is 10.6 Å². The van der Waals surface area contributed by atoms with Gasteiger partial charge in [-0.05, 0) is 36.4 Å². The molecule has 0 aliphatic heterocycles. The zero-order chi connectivity index (χ0) is 17.7. The summed E-state index contributed by atoms with van der Waals surface area (Å²) >= 11 is 0. The van der Waals surface area contributed by atoms with Crippen LogP contribution >= 0.6 is 0 Å². The molecule has 24 heavy (non-hydrogen) atoms. The summed E-state index contributed by atoms with van der Waals surface area (Å²) in [5, 5.41) is 13.5. The van der Waals surface area contributed by atoms with E-state index in [1.165, 1.54) is 12.1 Å². The van der Waals surface area contributed by atoms with Gasteiger partial charge in [-0.1, -0.05) is 0 Å². The molecule has 4 nitrogen and oxygen atoms in total. The van der Waals surface area contributed by atoms with E-state index in [1.54, 1.807) is 6.07 Å². The predicted molar refractivity (Wildman–Crippen MR) is 78.7 cm³/mol. The number of halogens is 4. The van der Waals surface area contributed by atoms with Crippen molar-refractivity contribution in [1.82, 2.24) is 0 Å². The molecule has 0 spiro atoms. The Morgan fingerprint density at radius 1 is 1.00 bits per heavy atom. The van der Waals surface area contributed by atoms with Crippen molar-refractivity contribution in [1.29, 1.82) is 5.26 Å². The predicted octanol–water partition coefficient (Wildman–Crippen LogP) is 3.70. The summed E-state index contributed by atoms with van der Waals surface area (Å²) in [6, 6.07) is 7.97. The zero-order valence-corrected chi connectivity index (χ0v) is 11.9. The molecule has 0 atom stereocenters. The molecule has 2 rings (SSSR count). The van der Waals surface area contributed by atoms with Crippen molar-refractivity contribution in [2.24, 2.45) is 0 Å². The van der Waals surface area contributed by atoms with Crippen LogP contribution in [0.4, 0.5) is 28.9 Å². The van der Waals surface area contributed by atoms with Gasteiger partial charge in [-0.15, -0.1) is 0 Å². The molecule has 0 aromatic heterocycles. The average Bonchev–Trinajstić information content (AvgIpc) is 2.57. The van der Waals surface area contributed by atoms with Gasteiger partial charge in [0.05, 0.1) is 5.69 Å². The third kappa shape index (κ3) is 3.89. The lowest BCUT2D eigenvalue weighted by Gasteiger charge is -2.06. The number of nitriles is 1. The van der Waals surface area contributed by atoms with Gasteiger partial charge in [0, 0.05) is 11.9 Å². The average molecular weight is 335 g/mol. The molecule has 0 heterocycles. The minimum absolute atomic E-state index is 0.238. The van der Waals surface area contributed by atoms with Crippen LogP contribution in [-0.4, -0.2) is 5.91 Å². The molecular formula is C16H9F4N3O. The van der Waals surface area contributed by atoms with E-state index in [2.05, 4.69) is 10.6 Å². The number of carbonyl (C=O) groups is 1. The van der Waals surface area contributed by atoms with Crippen LogP contribution < -0.4 is 10.6 Å². The maximum atomic E-state index is 13.5. The lowest BCUT2D eigenvalue weighted by Crippen LogP contribution is -2.14. The number of benzene rings is 2. The second kappa shape index (κ2) is 7.28.